The van der Waals surface area contributed by atoms with Gasteiger partial charge in [0.25, 0.3) is 0 Å². The summed E-state index contributed by atoms with van der Waals surface area (Å²) in [7, 11) is 0. The molecule has 0 spiro atoms. The van der Waals surface area contributed by atoms with E-state index >= 15 is 0 Å². The highest BCUT2D eigenvalue weighted by Crippen LogP contribution is 2.25. The number of carbonyl (C=O) groups is 1. The van der Waals surface area contributed by atoms with Crippen molar-refractivity contribution in [2.24, 2.45) is 0 Å². The van der Waals surface area contributed by atoms with Gasteiger partial charge in [0.1, 0.15) is 0 Å². The van der Waals surface area contributed by atoms with E-state index < -0.39 is 0 Å². The van der Waals surface area contributed by atoms with Crippen molar-refractivity contribution in [3.63, 3.8) is 0 Å². The zero-order chi connectivity index (χ0) is 17.9. The summed E-state index contributed by atoms with van der Waals surface area (Å²) in [5.41, 5.74) is 0.653. The van der Waals surface area contributed by atoms with E-state index in [-0.39, 0.29) is 23.7 Å². The molecule has 4 rings (SSSR count). The number of para-hydroxylation sites is 1. The number of ether oxygens (including phenoxy) is 2. The van der Waals surface area contributed by atoms with Crippen LogP contribution in [0, 0.1) is 0 Å². The number of fused-ring (bicyclic) bond motifs is 1. The van der Waals surface area contributed by atoms with Gasteiger partial charge in [-0.2, -0.15) is 5.10 Å². The fourth-order valence-corrected chi connectivity index (χ4v) is 3.83. The van der Waals surface area contributed by atoms with Gasteiger partial charge >= 0.3 is 0 Å². The Balaban J connectivity index is 1.48. The van der Waals surface area contributed by atoms with E-state index in [1.807, 2.05) is 23.1 Å². The van der Waals surface area contributed by atoms with Crippen LogP contribution < -0.4 is 5.43 Å². The highest BCUT2D eigenvalue weighted by molar-refractivity contribution is 5.79. The first-order chi connectivity index (χ1) is 12.7. The summed E-state index contributed by atoms with van der Waals surface area (Å²) in [6.07, 6.45) is 4.36. The fraction of sp³-hybridized carbons (Fsp3) is 0.526. The Morgan fingerprint density at radius 3 is 2.85 bits per heavy atom. The summed E-state index contributed by atoms with van der Waals surface area (Å²) in [6, 6.07) is 7.35. The number of aromatic nitrogens is 2. The number of piperidine rings is 1. The maximum Gasteiger partial charge on any atom is 0.224 e. The molecular formula is C19H23N3O4. The zero-order valence-corrected chi connectivity index (χ0v) is 14.7. The van der Waals surface area contributed by atoms with Crippen LogP contribution in [0.1, 0.15) is 25.7 Å². The minimum absolute atomic E-state index is 0.00234. The van der Waals surface area contributed by atoms with E-state index in [0.29, 0.717) is 31.6 Å². The van der Waals surface area contributed by atoms with E-state index in [1.54, 1.807) is 10.7 Å². The van der Waals surface area contributed by atoms with E-state index in [1.165, 1.54) is 6.20 Å². The van der Waals surface area contributed by atoms with Crippen molar-refractivity contribution in [3.05, 3.63) is 40.7 Å². The molecule has 26 heavy (non-hydrogen) atoms. The number of hydrogen-bond donors (Lipinski definition) is 0. The Bertz CT molecular complexity index is 844. The van der Waals surface area contributed by atoms with Crippen LogP contribution >= 0.6 is 0 Å². The molecule has 3 heterocycles. The van der Waals surface area contributed by atoms with Crippen molar-refractivity contribution in [2.45, 2.75) is 44.6 Å². The third-order valence-electron chi connectivity index (χ3n) is 5.13. The third kappa shape index (κ3) is 3.37. The third-order valence-corrected chi connectivity index (χ3v) is 5.13. The van der Waals surface area contributed by atoms with Gasteiger partial charge in [-0.25, -0.2) is 0 Å². The van der Waals surface area contributed by atoms with Gasteiger partial charge < -0.3 is 14.4 Å². The molecule has 7 heteroatoms. The molecule has 0 N–H and O–H groups in total. The van der Waals surface area contributed by atoms with Gasteiger partial charge in [0.2, 0.25) is 11.3 Å². The fourth-order valence-electron chi connectivity index (χ4n) is 3.83. The number of likely N-dealkylation sites (tertiary alicyclic amines) is 1. The minimum atomic E-state index is -0.300. The number of nitrogens with zero attached hydrogens (tertiary/aromatic N) is 3. The summed E-state index contributed by atoms with van der Waals surface area (Å²) in [4.78, 5) is 26.7. The highest BCUT2D eigenvalue weighted by Gasteiger charge is 2.35. The van der Waals surface area contributed by atoms with Crippen molar-refractivity contribution in [1.29, 1.82) is 0 Å². The van der Waals surface area contributed by atoms with Crippen molar-refractivity contribution in [2.75, 3.05) is 19.8 Å². The number of rotatable bonds is 4. The molecule has 2 fully saturated rings. The number of hydrogen-bond acceptors (Lipinski definition) is 5. The highest BCUT2D eigenvalue weighted by atomic mass is 16.7. The molecular weight excluding hydrogens is 334 g/mol. The van der Waals surface area contributed by atoms with Gasteiger partial charge in [0, 0.05) is 18.4 Å². The van der Waals surface area contributed by atoms with Gasteiger partial charge in [0.05, 0.1) is 37.5 Å². The zero-order valence-electron chi connectivity index (χ0n) is 14.7. The maximum atomic E-state index is 12.9. The number of carbonyl (C=O) groups excluding carboxylic acids is 1. The summed E-state index contributed by atoms with van der Waals surface area (Å²) >= 11 is 0. The van der Waals surface area contributed by atoms with Gasteiger partial charge in [-0.1, -0.05) is 12.1 Å². The Labute approximate surface area is 151 Å². The van der Waals surface area contributed by atoms with Crippen molar-refractivity contribution in [3.8, 4) is 0 Å². The molecule has 2 aliphatic heterocycles. The average molecular weight is 357 g/mol. The lowest BCUT2D eigenvalue weighted by Gasteiger charge is -2.38. The predicted molar refractivity (Wildman–Crippen MR) is 95.7 cm³/mol. The second-order valence-electron chi connectivity index (χ2n) is 6.76. The first kappa shape index (κ1) is 17.2. The van der Waals surface area contributed by atoms with Crippen LogP contribution in [0.15, 0.2) is 35.3 Å². The van der Waals surface area contributed by atoms with Gasteiger partial charge in [0.15, 0.2) is 6.29 Å². The summed E-state index contributed by atoms with van der Waals surface area (Å²) in [6.45, 7) is 2.37. The molecule has 1 amide bonds. The smallest absolute Gasteiger partial charge is 0.224 e. The molecule has 7 nitrogen and oxygen atoms in total. The lowest BCUT2D eigenvalue weighted by atomic mass is 10.0. The maximum absolute atomic E-state index is 12.9. The summed E-state index contributed by atoms with van der Waals surface area (Å²) in [5, 5.41) is 4.83. The predicted octanol–water partition coefficient (Wildman–Crippen LogP) is 1.54. The molecule has 1 aromatic heterocycles. The molecule has 0 bridgehead atoms. The van der Waals surface area contributed by atoms with Crippen LogP contribution in [-0.2, 0) is 20.8 Å². The molecule has 2 saturated heterocycles. The van der Waals surface area contributed by atoms with E-state index in [0.717, 1.165) is 31.3 Å². The van der Waals surface area contributed by atoms with Crippen LogP contribution in [0.5, 0.6) is 0 Å². The van der Waals surface area contributed by atoms with Crippen molar-refractivity contribution >= 4 is 16.8 Å². The number of amides is 1. The topological polar surface area (TPSA) is 73.7 Å². The molecule has 0 saturated carbocycles. The Morgan fingerprint density at radius 2 is 2.00 bits per heavy atom. The standard InChI is InChI=1S/C19H23N3O4/c23-17-13-20-22(15-6-2-1-5-14(15)17)10-8-18(24)21-9-4-3-7-16(21)19-25-11-12-26-19/h1-2,5-6,13,16,19H,3-4,7-12H2. The van der Waals surface area contributed by atoms with Gasteiger partial charge in [-0.15, -0.1) is 0 Å². The van der Waals surface area contributed by atoms with Crippen LogP contribution in [0.4, 0.5) is 0 Å². The molecule has 1 atom stereocenters. The first-order valence-corrected chi connectivity index (χ1v) is 9.21. The second kappa shape index (κ2) is 7.55. The summed E-state index contributed by atoms with van der Waals surface area (Å²) < 4.78 is 13.0. The normalized spacial score (nSPS) is 21.4. The molecule has 138 valence electrons. The average Bonchev–Trinajstić information content (AvgIpc) is 3.22. The quantitative estimate of drug-likeness (QED) is 0.830. The second-order valence-corrected chi connectivity index (χ2v) is 6.76. The Morgan fingerprint density at radius 1 is 1.19 bits per heavy atom. The first-order valence-electron chi connectivity index (χ1n) is 9.21. The molecule has 1 aromatic carbocycles. The van der Waals surface area contributed by atoms with Crippen molar-refractivity contribution < 1.29 is 14.3 Å². The molecule has 1 unspecified atom stereocenters. The Hall–Kier alpha value is -2.25. The van der Waals surface area contributed by atoms with Gasteiger partial charge in [-0.3, -0.25) is 14.3 Å². The Kier molecular flexibility index (Phi) is 4.99. The van der Waals surface area contributed by atoms with Crippen LogP contribution in [0.2, 0.25) is 0 Å². The monoisotopic (exact) mass is 357 g/mol. The lowest BCUT2D eigenvalue weighted by molar-refractivity contribution is -0.150. The van der Waals surface area contributed by atoms with Crippen LogP contribution in [-0.4, -0.2) is 52.7 Å². The van der Waals surface area contributed by atoms with Gasteiger partial charge in [-0.05, 0) is 31.4 Å². The van der Waals surface area contributed by atoms with E-state index in [2.05, 4.69) is 5.10 Å². The van der Waals surface area contributed by atoms with Crippen LogP contribution in [0.3, 0.4) is 0 Å². The SMILES string of the molecule is O=C(CCn1ncc(=O)c2ccccc21)N1CCCCC1C1OCCO1. The molecule has 2 aliphatic rings. The lowest BCUT2D eigenvalue weighted by Crippen LogP contribution is -2.50. The molecule has 0 radical (unpaired) electrons. The minimum Gasteiger partial charge on any atom is -0.348 e. The van der Waals surface area contributed by atoms with E-state index in [9.17, 15) is 9.59 Å². The van der Waals surface area contributed by atoms with E-state index in [4.69, 9.17) is 9.47 Å². The summed E-state index contributed by atoms with van der Waals surface area (Å²) in [5.74, 6) is 0.0818. The number of benzene rings is 1. The molecule has 0 aliphatic carbocycles. The van der Waals surface area contributed by atoms with Crippen molar-refractivity contribution in [1.82, 2.24) is 14.7 Å². The molecule has 2 aromatic rings. The van der Waals surface area contributed by atoms with Crippen LogP contribution in [0.25, 0.3) is 10.9 Å². The largest absolute Gasteiger partial charge is 0.348 e. The number of aryl methyl sites for hydroxylation is 1.